The quantitative estimate of drug-likeness (QED) is 0.789. The molecule has 0 spiro atoms. The Kier molecular flexibility index (Phi) is 5.52. The van der Waals surface area contributed by atoms with Crippen LogP contribution in [0.1, 0.15) is 35.0 Å². The second kappa shape index (κ2) is 7.38. The first-order valence-electron chi connectivity index (χ1n) is 7.07. The molecule has 0 bridgehead atoms. The molecule has 1 atom stereocenters. The molecule has 5 nitrogen and oxygen atoms in total. The van der Waals surface area contributed by atoms with E-state index in [1.165, 1.54) is 30.3 Å². The zero-order valence-corrected chi connectivity index (χ0v) is 12.9. The maximum atomic E-state index is 12.1. The van der Waals surface area contributed by atoms with E-state index in [-0.39, 0.29) is 11.9 Å². The summed E-state index contributed by atoms with van der Waals surface area (Å²) >= 11 is 1.36. The van der Waals surface area contributed by atoms with Gasteiger partial charge < -0.3 is 15.3 Å². The molecule has 1 aliphatic heterocycles. The van der Waals surface area contributed by atoms with Crippen LogP contribution < -0.4 is 5.32 Å². The largest absolute Gasteiger partial charge is 0.478 e. The predicted molar refractivity (Wildman–Crippen MR) is 83.6 cm³/mol. The van der Waals surface area contributed by atoms with Gasteiger partial charge in [0.15, 0.2) is 0 Å². The molecule has 114 valence electrons. The number of carbonyl (C=O) groups excluding carboxylic acids is 1. The lowest BCUT2D eigenvalue weighted by atomic mass is 10.2. The third-order valence-electron chi connectivity index (χ3n) is 3.38. The van der Waals surface area contributed by atoms with Crippen LogP contribution in [0.3, 0.4) is 0 Å². The van der Waals surface area contributed by atoms with Crippen molar-refractivity contribution in [3.05, 3.63) is 28.0 Å². The van der Waals surface area contributed by atoms with Crippen molar-refractivity contribution in [2.75, 3.05) is 19.6 Å². The molecule has 21 heavy (non-hydrogen) atoms. The van der Waals surface area contributed by atoms with Crippen LogP contribution >= 0.6 is 11.3 Å². The third-order valence-corrected chi connectivity index (χ3v) is 4.28. The summed E-state index contributed by atoms with van der Waals surface area (Å²) < 4.78 is 0. The second-order valence-corrected chi connectivity index (χ2v) is 6.23. The van der Waals surface area contributed by atoms with Crippen molar-refractivity contribution in [1.82, 2.24) is 10.2 Å². The van der Waals surface area contributed by atoms with Crippen molar-refractivity contribution in [2.24, 2.45) is 0 Å². The Morgan fingerprint density at radius 3 is 2.86 bits per heavy atom. The van der Waals surface area contributed by atoms with E-state index in [1.807, 2.05) is 6.92 Å². The average Bonchev–Trinajstić information content (AvgIpc) is 3.06. The van der Waals surface area contributed by atoms with Crippen LogP contribution in [0, 0.1) is 0 Å². The number of amides is 1. The molecule has 0 aliphatic carbocycles. The molecule has 1 unspecified atom stereocenters. The number of hydrogen-bond acceptors (Lipinski definition) is 4. The SMILES string of the molecule is CC(CN1CCCC1)NC(=O)c1csc(C=CC(=O)O)c1. The van der Waals surface area contributed by atoms with Crippen molar-refractivity contribution in [2.45, 2.75) is 25.8 Å². The zero-order chi connectivity index (χ0) is 15.2. The van der Waals surface area contributed by atoms with E-state index in [1.54, 1.807) is 11.4 Å². The van der Waals surface area contributed by atoms with Crippen molar-refractivity contribution < 1.29 is 14.7 Å². The summed E-state index contributed by atoms with van der Waals surface area (Å²) in [6.45, 7) is 5.11. The lowest BCUT2D eigenvalue weighted by Crippen LogP contribution is -2.40. The summed E-state index contributed by atoms with van der Waals surface area (Å²) in [7, 11) is 0. The smallest absolute Gasteiger partial charge is 0.328 e. The van der Waals surface area contributed by atoms with Gasteiger partial charge in [0.05, 0.1) is 5.56 Å². The molecule has 2 N–H and O–H groups in total. The van der Waals surface area contributed by atoms with Crippen LogP contribution in [0.5, 0.6) is 0 Å². The Morgan fingerprint density at radius 2 is 2.19 bits per heavy atom. The molecule has 2 rings (SSSR count). The van der Waals surface area contributed by atoms with Gasteiger partial charge in [0.25, 0.3) is 5.91 Å². The molecule has 1 fully saturated rings. The molecule has 2 heterocycles. The Morgan fingerprint density at radius 1 is 1.48 bits per heavy atom. The number of rotatable bonds is 6. The number of nitrogens with zero attached hydrogens (tertiary/aromatic N) is 1. The molecule has 0 radical (unpaired) electrons. The molecule has 1 saturated heterocycles. The minimum absolute atomic E-state index is 0.104. The van der Waals surface area contributed by atoms with Crippen LogP contribution in [0.4, 0.5) is 0 Å². The van der Waals surface area contributed by atoms with Gasteiger partial charge in [-0.05, 0) is 45.0 Å². The molecule has 6 heteroatoms. The van der Waals surface area contributed by atoms with Crippen molar-refractivity contribution in [3.63, 3.8) is 0 Å². The van der Waals surface area contributed by atoms with Crippen molar-refractivity contribution >= 4 is 29.3 Å². The van der Waals surface area contributed by atoms with E-state index in [2.05, 4.69) is 10.2 Å². The highest BCUT2D eigenvalue weighted by Gasteiger charge is 2.17. The van der Waals surface area contributed by atoms with E-state index in [4.69, 9.17) is 5.11 Å². The van der Waals surface area contributed by atoms with Gasteiger partial charge in [-0.1, -0.05) is 0 Å². The summed E-state index contributed by atoms with van der Waals surface area (Å²) in [4.78, 5) is 25.7. The summed E-state index contributed by atoms with van der Waals surface area (Å²) in [5.74, 6) is -1.10. The standard InChI is InChI=1S/C15H20N2O3S/c1-11(9-17-6-2-3-7-17)16-15(20)12-8-13(21-10-12)4-5-14(18)19/h4-5,8,10-11H,2-3,6-7,9H2,1H3,(H,16,20)(H,18,19). The number of carboxylic acids is 1. The van der Waals surface area contributed by atoms with Crippen LogP contribution in [0.2, 0.25) is 0 Å². The highest BCUT2D eigenvalue weighted by Crippen LogP contribution is 2.16. The fourth-order valence-electron chi connectivity index (χ4n) is 2.42. The average molecular weight is 308 g/mol. The zero-order valence-electron chi connectivity index (χ0n) is 12.0. The summed E-state index contributed by atoms with van der Waals surface area (Å²) in [6, 6.07) is 1.82. The van der Waals surface area contributed by atoms with Gasteiger partial charge in [-0.3, -0.25) is 4.79 Å². The Bertz CT molecular complexity index is 533. The van der Waals surface area contributed by atoms with Crippen molar-refractivity contribution in [1.29, 1.82) is 0 Å². The van der Waals surface area contributed by atoms with E-state index < -0.39 is 5.97 Å². The highest BCUT2D eigenvalue weighted by molar-refractivity contribution is 7.11. The predicted octanol–water partition coefficient (Wildman–Crippen LogP) is 2.06. The van der Waals surface area contributed by atoms with E-state index in [9.17, 15) is 9.59 Å². The molecule has 1 aromatic heterocycles. The highest BCUT2D eigenvalue weighted by atomic mass is 32.1. The fraction of sp³-hybridized carbons (Fsp3) is 0.467. The van der Waals surface area contributed by atoms with Crippen LogP contribution in [0.25, 0.3) is 6.08 Å². The second-order valence-electron chi connectivity index (χ2n) is 5.29. The van der Waals surface area contributed by atoms with Crippen LogP contribution in [-0.2, 0) is 4.79 Å². The number of nitrogens with one attached hydrogen (secondary N) is 1. The normalized spacial score (nSPS) is 17.2. The Balaban J connectivity index is 1.86. The minimum Gasteiger partial charge on any atom is -0.478 e. The number of likely N-dealkylation sites (tertiary alicyclic amines) is 1. The van der Waals surface area contributed by atoms with Gasteiger partial charge in [0.1, 0.15) is 0 Å². The lowest BCUT2D eigenvalue weighted by molar-refractivity contribution is -0.131. The number of hydrogen-bond donors (Lipinski definition) is 2. The van der Waals surface area contributed by atoms with E-state index in [0.717, 1.165) is 30.6 Å². The van der Waals surface area contributed by atoms with Gasteiger partial charge in [0, 0.05) is 28.9 Å². The maximum Gasteiger partial charge on any atom is 0.328 e. The molecule has 1 amide bonds. The molecule has 0 saturated carbocycles. The topological polar surface area (TPSA) is 69.6 Å². The summed E-state index contributed by atoms with van der Waals surface area (Å²) in [5, 5.41) is 13.3. The van der Waals surface area contributed by atoms with Gasteiger partial charge >= 0.3 is 5.97 Å². The number of aliphatic carboxylic acids is 1. The number of carbonyl (C=O) groups is 2. The number of thiophene rings is 1. The third kappa shape index (κ3) is 4.99. The summed E-state index contributed by atoms with van der Waals surface area (Å²) in [5.41, 5.74) is 0.582. The summed E-state index contributed by atoms with van der Waals surface area (Å²) in [6.07, 6.45) is 5.05. The maximum absolute atomic E-state index is 12.1. The Hall–Kier alpha value is -1.66. The van der Waals surface area contributed by atoms with Gasteiger partial charge in [0.2, 0.25) is 0 Å². The molecular weight excluding hydrogens is 288 g/mol. The van der Waals surface area contributed by atoms with Crippen LogP contribution in [0.15, 0.2) is 17.5 Å². The monoisotopic (exact) mass is 308 g/mol. The first-order chi connectivity index (χ1) is 10.0. The van der Waals surface area contributed by atoms with E-state index in [0.29, 0.717) is 5.56 Å². The van der Waals surface area contributed by atoms with Crippen molar-refractivity contribution in [3.8, 4) is 0 Å². The first kappa shape index (κ1) is 15.7. The van der Waals surface area contributed by atoms with Gasteiger partial charge in [-0.25, -0.2) is 4.79 Å². The molecule has 1 aromatic rings. The molecule has 1 aliphatic rings. The van der Waals surface area contributed by atoms with Gasteiger partial charge in [-0.2, -0.15) is 0 Å². The fourth-order valence-corrected chi connectivity index (χ4v) is 3.20. The number of carboxylic acid groups (broad SMARTS) is 1. The van der Waals surface area contributed by atoms with E-state index >= 15 is 0 Å². The first-order valence-corrected chi connectivity index (χ1v) is 7.95. The lowest BCUT2D eigenvalue weighted by Gasteiger charge is -2.20. The minimum atomic E-state index is -0.992. The molecular formula is C15H20N2O3S. The Labute approximate surface area is 128 Å². The van der Waals surface area contributed by atoms with Gasteiger partial charge in [-0.15, -0.1) is 11.3 Å². The molecule has 0 aromatic carbocycles. The van der Waals surface area contributed by atoms with Crippen LogP contribution in [-0.4, -0.2) is 47.6 Å².